The lowest BCUT2D eigenvalue weighted by Crippen LogP contribution is -2.46. The third-order valence-electron chi connectivity index (χ3n) is 2.46. The van der Waals surface area contributed by atoms with Gasteiger partial charge in [-0.3, -0.25) is 15.4 Å². The van der Waals surface area contributed by atoms with E-state index in [1.165, 1.54) is 18.2 Å². The Labute approximate surface area is 116 Å². The highest BCUT2D eigenvalue weighted by atomic mass is 35.5. The van der Waals surface area contributed by atoms with Gasteiger partial charge in [-0.1, -0.05) is 18.5 Å². The highest BCUT2D eigenvalue weighted by molar-refractivity contribution is 6.32. The number of likely N-dealkylation sites (N-methyl/N-ethyl adjacent to an activating group) is 1. The number of non-ortho nitro benzene ring substituents is 1. The van der Waals surface area contributed by atoms with E-state index >= 15 is 0 Å². The lowest BCUT2D eigenvalue weighted by molar-refractivity contribution is -0.384. The predicted octanol–water partition coefficient (Wildman–Crippen LogP) is 2.52. The van der Waals surface area contributed by atoms with E-state index in [0.717, 1.165) is 0 Å². The van der Waals surface area contributed by atoms with Gasteiger partial charge < -0.3 is 4.74 Å². The number of rotatable bonds is 6. The Morgan fingerprint density at radius 3 is 2.84 bits per heavy atom. The molecule has 6 nitrogen and oxygen atoms in total. The summed E-state index contributed by atoms with van der Waals surface area (Å²) in [6.07, 6.45) is 0. The summed E-state index contributed by atoms with van der Waals surface area (Å²) in [5, 5.41) is 23.0. The zero-order chi connectivity index (χ0) is 14.5. The molecule has 0 bridgehead atoms. The molecule has 1 N–H and O–H groups in total. The maximum atomic E-state index is 10.7. The summed E-state index contributed by atoms with van der Waals surface area (Å²) < 4.78 is 5.41. The van der Waals surface area contributed by atoms with E-state index in [9.17, 15) is 10.1 Å². The van der Waals surface area contributed by atoms with Gasteiger partial charge in [0.15, 0.2) is 0 Å². The van der Waals surface area contributed by atoms with Crippen LogP contribution in [0.2, 0.25) is 5.02 Å². The predicted molar refractivity (Wildman–Crippen MR) is 71.3 cm³/mol. The second-order valence-electron chi connectivity index (χ2n) is 4.13. The Kier molecular flexibility index (Phi) is 5.10. The standard InChI is InChI=1S/C12H14ClN3O3/c1-3-15-12(2,7-14)8-19-11-6-9(16(17)18)4-5-10(11)13/h4-6,15H,3,8H2,1-2H3. The number of hydrogen-bond acceptors (Lipinski definition) is 5. The molecule has 0 fully saturated rings. The van der Waals surface area contributed by atoms with E-state index < -0.39 is 10.5 Å². The minimum atomic E-state index is -0.872. The molecule has 1 unspecified atom stereocenters. The van der Waals surface area contributed by atoms with Gasteiger partial charge in [-0.2, -0.15) is 5.26 Å². The molecule has 0 aliphatic carbocycles. The average molecular weight is 284 g/mol. The van der Waals surface area contributed by atoms with Crippen LogP contribution in [0.15, 0.2) is 18.2 Å². The summed E-state index contributed by atoms with van der Waals surface area (Å²) in [6.45, 7) is 4.20. The molecular weight excluding hydrogens is 270 g/mol. The molecular formula is C12H14ClN3O3. The first kappa shape index (κ1) is 15.2. The number of hydrogen-bond donors (Lipinski definition) is 1. The molecule has 0 radical (unpaired) electrons. The SMILES string of the molecule is CCNC(C)(C#N)COc1cc([N+](=O)[O-])ccc1Cl. The van der Waals surface area contributed by atoms with E-state index in [-0.39, 0.29) is 23.1 Å². The molecule has 0 aliphatic rings. The molecule has 1 aromatic carbocycles. The van der Waals surface area contributed by atoms with Crippen molar-refractivity contribution in [2.24, 2.45) is 0 Å². The fourth-order valence-corrected chi connectivity index (χ4v) is 1.62. The first-order valence-electron chi connectivity index (χ1n) is 5.65. The van der Waals surface area contributed by atoms with Crippen LogP contribution in [0.5, 0.6) is 5.75 Å². The summed E-state index contributed by atoms with van der Waals surface area (Å²) in [4.78, 5) is 10.1. The Bertz CT molecular complexity index is 515. The molecule has 0 saturated carbocycles. The van der Waals surface area contributed by atoms with Crippen LogP contribution in [0.1, 0.15) is 13.8 Å². The molecule has 1 rings (SSSR count). The highest BCUT2D eigenvalue weighted by Crippen LogP contribution is 2.29. The first-order chi connectivity index (χ1) is 8.91. The minimum absolute atomic E-state index is 0.0399. The molecule has 0 heterocycles. The Hall–Kier alpha value is -1.84. The number of ether oxygens (including phenoxy) is 1. The third kappa shape index (κ3) is 4.09. The van der Waals surface area contributed by atoms with Gasteiger partial charge in [0.2, 0.25) is 0 Å². The van der Waals surface area contributed by atoms with Crippen molar-refractivity contribution < 1.29 is 9.66 Å². The van der Waals surface area contributed by atoms with Gasteiger partial charge in [0.25, 0.3) is 5.69 Å². The summed E-state index contributed by atoms with van der Waals surface area (Å²) >= 11 is 5.90. The normalized spacial score (nSPS) is 13.4. The largest absolute Gasteiger partial charge is 0.489 e. The van der Waals surface area contributed by atoms with Crippen molar-refractivity contribution in [2.75, 3.05) is 13.2 Å². The first-order valence-corrected chi connectivity index (χ1v) is 6.02. The van der Waals surface area contributed by atoms with Crippen LogP contribution < -0.4 is 10.1 Å². The van der Waals surface area contributed by atoms with Crippen LogP contribution in [-0.4, -0.2) is 23.6 Å². The number of nitriles is 1. The van der Waals surface area contributed by atoms with Crippen molar-refractivity contribution in [1.82, 2.24) is 5.32 Å². The summed E-state index contributed by atoms with van der Waals surface area (Å²) in [7, 11) is 0. The van der Waals surface area contributed by atoms with E-state index in [1.807, 2.05) is 6.92 Å². The van der Waals surface area contributed by atoms with Gasteiger partial charge in [0.1, 0.15) is 17.9 Å². The van der Waals surface area contributed by atoms with Crippen molar-refractivity contribution in [3.05, 3.63) is 33.3 Å². The molecule has 1 aromatic rings. The molecule has 7 heteroatoms. The average Bonchev–Trinajstić information content (AvgIpc) is 2.38. The topological polar surface area (TPSA) is 88.2 Å². The quantitative estimate of drug-likeness (QED) is 0.640. The van der Waals surface area contributed by atoms with Crippen molar-refractivity contribution >= 4 is 17.3 Å². The molecule has 102 valence electrons. The molecule has 1 atom stereocenters. The monoisotopic (exact) mass is 283 g/mol. The van der Waals surface area contributed by atoms with Crippen LogP contribution in [0.4, 0.5) is 5.69 Å². The van der Waals surface area contributed by atoms with Gasteiger partial charge in [0.05, 0.1) is 22.1 Å². The molecule has 0 saturated heterocycles. The van der Waals surface area contributed by atoms with Gasteiger partial charge in [-0.05, 0) is 19.5 Å². The molecule has 0 aromatic heterocycles. The van der Waals surface area contributed by atoms with Crippen LogP contribution in [-0.2, 0) is 0 Å². The zero-order valence-corrected chi connectivity index (χ0v) is 11.4. The Balaban J connectivity index is 2.85. The van der Waals surface area contributed by atoms with E-state index in [0.29, 0.717) is 6.54 Å². The maximum absolute atomic E-state index is 10.7. The summed E-state index contributed by atoms with van der Waals surface area (Å²) in [5.74, 6) is 0.190. The van der Waals surface area contributed by atoms with Crippen LogP contribution >= 0.6 is 11.6 Å². The number of nitro groups is 1. The van der Waals surface area contributed by atoms with Crippen molar-refractivity contribution in [1.29, 1.82) is 5.26 Å². The Morgan fingerprint density at radius 1 is 1.63 bits per heavy atom. The van der Waals surface area contributed by atoms with Crippen LogP contribution in [0.3, 0.4) is 0 Å². The summed E-state index contributed by atoms with van der Waals surface area (Å²) in [6, 6.07) is 6.02. The van der Waals surface area contributed by atoms with Crippen molar-refractivity contribution in [3.8, 4) is 11.8 Å². The molecule has 0 amide bonds. The number of nitrogens with zero attached hydrogens (tertiary/aromatic N) is 2. The van der Waals surface area contributed by atoms with Crippen LogP contribution in [0.25, 0.3) is 0 Å². The highest BCUT2D eigenvalue weighted by Gasteiger charge is 2.24. The molecule has 0 spiro atoms. The summed E-state index contributed by atoms with van der Waals surface area (Å²) in [5.41, 5.74) is -0.982. The smallest absolute Gasteiger partial charge is 0.273 e. The fourth-order valence-electron chi connectivity index (χ4n) is 1.45. The number of nitrogens with one attached hydrogen (secondary N) is 1. The van der Waals surface area contributed by atoms with Gasteiger partial charge >= 0.3 is 0 Å². The van der Waals surface area contributed by atoms with Crippen molar-refractivity contribution in [3.63, 3.8) is 0 Å². The maximum Gasteiger partial charge on any atom is 0.273 e. The van der Waals surface area contributed by atoms with Gasteiger partial charge in [0, 0.05) is 6.07 Å². The zero-order valence-electron chi connectivity index (χ0n) is 10.6. The number of nitro benzene ring substituents is 1. The lowest BCUT2D eigenvalue weighted by atomic mass is 10.1. The van der Waals surface area contributed by atoms with Gasteiger partial charge in [-0.25, -0.2) is 0 Å². The second-order valence-corrected chi connectivity index (χ2v) is 4.54. The lowest BCUT2D eigenvalue weighted by Gasteiger charge is -2.22. The fraction of sp³-hybridized carbons (Fsp3) is 0.417. The van der Waals surface area contributed by atoms with E-state index in [1.54, 1.807) is 6.92 Å². The molecule has 0 aliphatic heterocycles. The number of benzene rings is 1. The van der Waals surface area contributed by atoms with Gasteiger partial charge in [-0.15, -0.1) is 0 Å². The Morgan fingerprint density at radius 2 is 2.32 bits per heavy atom. The minimum Gasteiger partial charge on any atom is -0.489 e. The van der Waals surface area contributed by atoms with Crippen LogP contribution in [0, 0.1) is 21.4 Å². The third-order valence-corrected chi connectivity index (χ3v) is 2.77. The number of halogens is 1. The van der Waals surface area contributed by atoms with E-state index in [4.69, 9.17) is 21.6 Å². The molecule has 19 heavy (non-hydrogen) atoms. The van der Waals surface area contributed by atoms with Crippen molar-refractivity contribution in [2.45, 2.75) is 19.4 Å². The van der Waals surface area contributed by atoms with E-state index in [2.05, 4.69) is 11.4 Å². The second kappa shape index (κ2) is 6.36.